The number of rotatable bonds is 4. The molecule has 0 spiro atoms. The van der Waals surface area contributed by atoms with Crippen molar-refractivity contribution in [2.75, 3.05) is 0 Å². The van der Waals surface area contributed by atoms with Crippen molar-refractivity contribution in [2.45, 2.75) is 19.3 Å². The van der Waals surface area contributed by atoms with Crippen LogP contribution >= 0.6 is 0 Å². The fourth-order valence-corrected chi connectivity index (χ4v) is 0.311. The first-order valence-corrected chi connectivity index (χ1v) is 2.80. The summed E-state index contributed by atoms with van der Waals surface area (Å²) in [6.45, 7) is 6.63. The van der Waals surface area contributed by atoms with Crippen molar-refractivity contribution in [3.05, 3.63) is 19.2 Å². The second-order valence-corrected chi connectivity index (χ2v) is 1.69. The van der Waals surface area contributed by atoms with Crippen LogP contribution < -0.4 is 5.32 Å². The van der Waals surface area contributed by atoms with E-state index in [0.717, 1.165) is 12.5 Å². The highest BCUT2D eigenvalue weighted by molar-refractivity contribution is 4.85. The van der Waals surface area contributed by atoms with Gasteiger partial charge in [-0.15, -0.1) is 0 Å². The van der Waals surface area contributed by atoms with Crippen molar-refractivity contribution in [3.8, 4) is 0 Å². The van der Waals surface area contributed by atoms with E-state index < -0.39 is 5.91 Å². The molecule has 3 nitrogen and oxygen atoms in total. The molecule has 0 heterocycles. The lowest BCUT2D eigenvalue weighted by atomic mass is 10.4. The molecule has 1 radical (unpaired) electrons. The molecule has 0 amide bonds. The molecule has 3 N–H and O–H groups in total. The zero-order valence-electron chi connectivity index (χ0n) is 5.46. The Bertz CT molecular complexity index is 91.1. The Kier molecular flexibility index (Phi) is 3.46. The summed E-state index contributed by atoms with van der Waals surface area (Å²) in [7, 11) is 0. The second-order valence-electron chi connectivity index (χ2n) is 1.69. The van der Waals surface area contributed by atoms with Crippen LogP contribution in [0.25, 0.3) is 0 Å². The molecule has 3 heteroatoms. The van der Waals surface area contributed by atoms with Crippen molar-refractivity contribution in [1.29, 1.82) is 0 Å². The Hall–Kier alpha value is -0.380. The van der Waals surface area contributed by atoms with Crippen LogP contribution in [0.15, 0.2) is 12.7 Å². The minimum absolute atomic E-state index is 0.733. The quantitative estimate of drug-likeness (QED) is 0.370. The van der Waals surface area contributed by atoms with Crippen LogP contribution in [0.4, 0.5) is 0 Å². The number of hydrogen-bond acceptors (Lipinski definition) is 3. The third-order valence-corrected chi connectivity index (χ3v) is 0.803. The summed E-state index contributed by atoms with van der Waals surface area (Å²) in [5, 5.41) is 19.8. The molecule has 0 unspecified atom stereocenters. The van der Waals surface area contributed by atoms with Crippen LogP contribution in [0.3, 0.4) is 0 Å². The largest absolute Gasteiger partial charge is 0.350 e. The van der Waals surface area contributed by atoms with Crippen molar-refractivity contribution in [1.82, 2.24) is 5.32 Å². The predicted octanol–water partition coefficient (Wildman–Crippen LogP) is -0.0278. The molecule has 0 rings (SSSR count). The Morgan fingerprint density at radius 3 is 2.56 bits per heavy atom. The standard InChI is InChI=1S/C6H12NO2/c1-3-5-7-6(8,9)4-2/h4-5,7-9H,2-3H2,1H3. The van der Waals surface area contributed by atoms with Gasteiger partial charge in [0.05, 0.1) is 0 Å². The third kappa shape index (κ3) is 4.14. The van der Waals surface area contributed by atoms with Gasteiger partial charge >= 0.3 is 0 Å². The van der Waals surface area contributed by atoms with E-state index in [0.29, 0.717) is 0 Å². The summed E-state index contributed by atoms with van der Waals surface area (Å²) in [5.74, 6) is -1.95. The van der Waals surface area contributed by atoms with E-state index in [1.165, 1.54) is 0 Å². The fraction of sp³-hybridized carbons (Fsp3) is 0.500. The van der Waals surface area contributed by atoms with E-state index in [9.17, 15) is 0 Å². The lowest BCUT2D eigenvalue weighted by Gasteiger charge is -2.16. The number of nitrogens with one attached hydrogen (secondary N) is 1. The van der Waals surface area contributed by atoms with E-state index in [1.54, 1.807) is 6.54 Å². The van der Waals surface area contributed by atoms with Crippen molar-refractivity contribution in [3.63, 3.8) is 0 Å². The predicted molar refractivity (Wildman–Crippen MR) is 35.1 cm³/mol. The second kappa shape index (κ2) is 3.61. The minimum Gasteiger partial charge on any atom is -0.350 e. The zero-order chi connectivity index (χ0) is 7.33. The highest BCUT2D eigenvalue weighted by Crippen LogP contribution is 1.95. The van der Waals surface area contributed by atoms with E-state index in [4.69, 9.17) is 10.2 Å². The summed E-state index contributed by atoms with van der Waals surface area (Å²) in [6.07, 6.45) is 1.75. The molecule has 0 bridgehead atoms. The topological polar surface area (TPSA) is 52.5 Å². The minimum atomic E-state index is -1.95. The normalized spacial score (nSPS) is 11.4. The maximum absolute atomic E-state index is 8.75. The van der Waals surface area contributed by atoms with Crippen LogP contribution in [-0.4, -0.2) is 16.1 Å². The molecule has 0 saturated carbocycles. The lowest BCUT2D eigenvalue weighted by Crippen LogP contribution is -2.40. The third-order valence-electron chi connectivity index (χ3n) is 0.803. The van der Waals surface area contributed by atoms with Crippen LogP contribution in [0.2, 0.25) is 0 Å². The van der Waals surface area contributed by atoms with Crippen LogP contribution in [0.1, 0.15) is 13.3 Å². The van der Waals surface area contributed by atoms with Crippen molar-refractivity contribution < 1.29 is 10.2 Å². The van der Waals surface area contributed by atoms with Gasteiger partial charge in [-0.05, 0) is 12.5 Å². The van der Waals surface area contributed by atoms with Gasteiger partial charge in [0, 0.05) is 6.54 Å². The summed E-state index contributed by atoms with van der Waals surface area (Å²) < 4.78 is 0. The van der Waals surface area contributed by atoms with Crippen molar-refractivity contribution in [2.24, 2.45) is 0 Å². The Labute approximate surface area is 55.0 Å². The molecule has 0 atom stereocenters. The van der Waals surface area contributed by atoms with E-state index in [-0.39, 0.29) is 0 Å². The molecule has 0 aromatic carbocycles. The molecule has 9 heavy (non-hydrogen) atoms. The van der Waals surface area contributed by atoms with Gasteiger partial charge in [-0.2, -0.15) is 0 Å². The fourth-order valence-electron chi connectivity index (χ4n) is 0.311. The maximum Gasteiger partial charge on any atom is 0.243 e. The molecule has 0 saturated heterocycles. The molecule has 0 aromatic rings. The van der Waals surface area contributed by atoms with Gasteiger partial charge in [0.2, 0.25) is 5.91 Å². The molecule has 0 aliphatic heterocycles. The Balaban J connectivity index is 3.45. The van der Waals surface area contributed by atoms with Gasteiger partial charge in [-0.25, -0.2) is 0 Å². The maximum atomic E-state index is 8.75. The lowest BCUT2D eigenvalue weighted by molar-refractivity contribution is -0.137. The first-order chi connectivity index (χ1) is 4.12. The number of hydrogen-bond donors (Lipinski definition) is 3. The van der Waals surface area contributed by atoms with E-state index in [2.05, 4.69) is 11.9 Å². The van der Waals surface area contributed by atoms with Gasteiger partial charge in [0.25, 0.3) is 0 Å². The Morgan fingerprint density at radius 1 is 1.67 bits per heavy atom. The van der Waals surface area contributed by atoms with Gasteiger partial charge in [0.1, 0.15) is 0 Å². The van der Waals surface area contributed by atoms with E-state index in [1.807, 2.05) is 6.92 Å². The summed E-state index contributed by atoms with van der Waals surface area (Å²) in [5.41, 5.74) is 0. The van der Waals surface area contributed by atoms with E-state index >= 15 is 0 Å². The molecule has 0 aliphatic carbocycles. The van der Waals surface area contributed by atoms with Crippen LogP contribution in [0, 0.1) is 6.54 Å². The number of aliphatic hydroxyl groups is 2. The smallest absolute Gasteiger partial charge is 0.243 e. The summed E-state index contributed by atoms with van der Waals surface area (Å²) >= 11 is 0. The summed E-state index contributed by atoms with van der Waals surface area (Å²) in [6, 6.07) is 0. The van der Waals surface area contributed by atoms with Gasteiger partial charge in [-0.3, -0.25) is 5.32 Å². The molecule has 53 valence electrons. The highest BCUT2D eigenvalue weighted by Gasteiger charge is 2.14. The van der Waals surface area contributed by atoms with Gasteiger partial charge in [-0.1, -0.05) is 13.5 Å². The van der Waals surface area contributed by atoms with Crippen LogP contribution in [0.5, 0.6) is 0 Å². The van der Waals surface area contributed by atoms with Gasteiger partial charge < -0.3 is 10.2 Å². The van der Waals surface area contributed by atoms with Crippen molar-refractivity contribution >= 4 is 0 Å². The SMILES string of the molecule is C=CC(O)(O)N[CH]CC. The van der Waals surface area contributed by atoms with Crippen LogP contribution in [-0.2, 0) is 0 Å². The first kappa shape index (κ1) is 8.62. The molecule has 0 aliphatic rings. The zero-order valence-corrected chi connectivity index (χ0v) is 5.46. The average molecular weight is 130 g/mol. The van der Waals surface area contributed by atoms with Gasteiger partial charge in [0.15, 0.2) is 0 Å². The highest BCUT2D eigenvalue weighted by atomic mass is 16.5. The molecule has 0 aromatic heterocycles. The molecular formula is C6H12NO2. The summed E-state index contributed by atoms with van der Waals surface area (Å²) in [4.78, 5) is 0. The molecular weight excluding hydrogens is 118 g/mol. The monoisotopic (exact) mass is 130 g/mol. The Morgan fingerprint density at radius 2 is 2.22 bits per heavy atom. The first-order valence-electron chi connectivity index (χ1n) is 2.80. The average Bonchev–Trinajstić information content (AvgIpc) is 1.84. The molecule has 0 fully saturated rings.